The van der Waals surface area contributed by atoms with Crippen molar-refractivity contribution in [3.63, 3.8) is 0 Å². The van der Waals surface area contributed by atoms with Gasteiger partial charge in [-0.3, -0.25) is 0 Å². The van der Waals surface area contributed by atoms with Crippen molar-refractivity contribution in [2.45, 2.75) is 25.7 Å². The number of hydrogen-bond acceptors (Lipinski definition) is 2. The van der Waals surface area contributed by atoms with Gasteiger partial charge in [-0.2, -0.15) is 0 Å². The molecule has 0 unspecified atom stereocenters. The molecule has 2 nitrogen and oxygen atoms in total. The summed E-state index contributed by atoms with van der Waals surface area (Å²) in [7, 11) is 0. The third-order valence-corrected chi connectivity index (χ3v) is 4.23. The van der Waals surface area contributed by atoms with Gasteiger partial charge in [0.25, 0.3) is 0 Å². The van der Waals surface area contributed by atoms with Crippen LogP contribution in [0.2, 0.25) is 10.0 Å². The quantitative estimate of drug-likeness (QED) is 0.897. The van der Waals surface area contributed by atoms with Crippen LogP contribution < -0.4 is 5.32 Å². The van der Waals surface area contributed by atoms with Crippen LogP contribution in [-0.2, 0) is 19.3 Å². The highest BCUT2D eigenvalue weighted by atomic mass is 35.5. The van der Waals surface area contributed by atoms with E-state index in [0.717, 1.165) is 35.8 Å². The SMILES string of the molecule is Clc1ccc(CCNc2ccc3c(n2)CCC3)c(Cl)c1. The van der Waals surface area contributed by atoms with Gasteiger partial charge < -0.3 is 5.32 Å². The molecule has 0 fully saturated rings. The summed E-state index contributed by atoms with van der Waals surface area (Å²) in [5, 5.41) is 4.76. The van der Waals surface area contributed by atoms with Gasteiger partial charge in [-0.15, -0.1) is 0 Å². The number of pyridine rings is 1. The maximum absolute atomic E-state index is 6.16. The lowest BCUT2D eigenvalue weighted by atomic mass is 10.1. The Labute approximate surface area is 129 Å². The van der Waals surface area contributed by atoms with E-state index in [2.05, 4.69) is 22.4 Å². The van der Waals surface area contributed by atoms with Crippen molar-refractivity contribution in [1.82, 2.24) is 4.98 Å². The van der Waals surface area contributed by atoms with Crippen molar-refractivity contribution >= 4 is 29.0 Å². The minimum absolute atomic E-state index is 0.673. The van der Waals surface area contributed by atoms with Crippen LogP contribution in [0.15, 0.2) is 30.3 Å². The third-order valence-electron chi connectivity index (χ3n) is 3.64. The number of aromatic nitrogens is 1. The third kappa shape index (κ3) is 3.08. The van der Waals surface area contributed by atoms with Gasteiger partial charge in [0.05, 0.1) is 0 Å². The lowest BCUT2D eigenvalue weighted by Crippen LogP contribution is -2.07. The molecule has 0 bridgehead atoms. The van der Waals surface area contributed by atoms with Gasteiger partial charge in [0.15, 0.2) is 0 Å². The molecule has 0 saturated heterocycles. The van der Waals surface area contributed by atoms with Crippen molar-refractivity contribution in [2.24, 2.45) is 0 Å². The van der Waals surface area contributed by atoms with E-state index in [4.69, 9.17) is 23.2 Å². The van der Waals surface area contributed by atoms with Crippen LogP contribution in [0.25, 0.3) is 0 Å². The second-order valence-electron chi connectivity index (χ2n) is 5.07. The summed E-state index contributed by atoms with van der Waals surface area (Å²) in [6.45, 7) is 0.813. The monoisotopic (exact) mass is 306 g/mol. The van der Waals surface area contributed by atoms with E-state index in [1.165, 1.54) is 24.1 Å². The van der Waals surface area contributed by atoms with Gasteiger partial charge in [-0.05, 0) is 55.0 Å². The molecule has 20 heavy (non-hydrogen) atoms. The Morgan fingerprint density at radius 2 is 2.00 bits per heavy atom. The summed E-state index contributed by atoms with van der Waals surface area (Å²) < 4.78 is 0. The number of halogens is 2. The van der Waals surface area contributed by atoms with Gasteiger partial charge in [0.2, 0.25) is 0 Å². The number of anilines is 1. The molecular formula is C16H16Cl2N2. The van der Waals surface area contributed by atoms with Crippen LogP contribution in [0.4, 0.5) is 5.82 Å². The molecular weight excluding hydrogens is 291 g/mol. The van der Waals surface area contributed by atoms with Gasteiger partial charge >= 0.3 is 0 Å². The molecule has 0 radical (unpaired) electrons. The summed E-state index contributed by atoms with van der Waals surface area (Å²) in [5.41, 5.74) is 3.75. The van der Waals surface area contributed by atoms with Crippen molar-refractivity contribution in [1.29, 1.82) is 0 Å². The van der Waals surface area contributed by atoms with Crippen molar-refractivity contribution in [3.05, 3.63) is 57.2 Å². The van der Waals surface area contributed by atoms with Crippen LogP contribution in [0.5, 0.6) is 0 Å². The first-order chi connectivity index (χ1) is 9.72. The highest BCUT2D eigenvalue weighted by Gasteiger charge is 2.12. The highest BCUT2D eigenvalue weighted by molar-refractivity contribution is 6.35. The fraction of sp³-hybridized carbons (Fsp3) is 0.312. The zero-order valence-corrected chi connectivity index (χ0v) is 12.6. The predicted octanol–water partition coefficient (Wildman–Crippen LogP) is 4.53. The Morgan fingerprint density at radius 1 is 1.10 bits per heavy atom. The number of nitrogens with one attached hydrogen (secondary N) is 1. The van der Waals surface area contributed by atoms with Crippen LogP contribution in [0.3, 0.4) is 0 Å². The molecule has 0 aliphatic heterocycles. The first-order valence-electron chi connectivity index (χ1n) is 6.89. The Hall–Kier alpha value is -1.25. The van der Waals surface area contributed by atoms with E-state index < -0.39 is 0 Å². The van der Waals surface area contributed by atoms with Crippen LogP contribution in [0, 0.1) is 0 Å². The number of fused-ring (bicyclic) bond motifs is 1. The lowest BCUT2D eigenvalue weighted by molar-refractivity contribution is 0.898. The van der Waals surface area contributed by atoms with Gasteiger partial charge in [-0.1, -0.05) is 35.3 Å². The average molecular weight is 307 g/mol. The first-order valence-corrected chi connectivity index (χ1v) is 7.64. The topological polar surface area (TPSA) is 24.9 Å². The minimum Gasteiger partial charge on any atom is -0.370 e. The van der Waals surface area contributed by atoms with E-state index in [1.54, 1.807) is 6.07 Å². The number of rotatable bonds is 4. The summed E-state index contributed by atoms with van der Waals surface area (Å²) in [6, 6.07) is 9.88. The second kappa shape index (κ2) is 6.02. The van der Waals surface area contributed by atoms with Gasteiger partial charge in [0.1, 0.15) is 5.82 Å². The Kier molecular flexibility index (Phi) is 4.13. The van der Waals surface area contributed by atoms with Crippen LogP contribution in [-0.4, -0.2) is 11.5 Å². The van der Waals surface area contributed by atoms with Crippen molar-refractivity contribution in [3.8, 4) is 0 Å². The first kappa shape index (κ1) is 13.7. The molecule has 0 spiro atoms. The van der Waals surface area contributed by atoms with E-state index in [1.807, 2.05) is 12.1 Å². The van der Waals surface area contributed by atoms with Crippen LogP contribution in [0.1, 0.15) is 23.2 Å². The Balaban J connectivity index is 1.60. The standard InChI is InChI=1S/C16H16Cl2N2/c17-13-6-4-11(14(18)10-13)8-9-19-16-7-5-12-2-1-3-15(12)20-16/h4-7,10H,1-3,8-9H2,(H,19,20). The van der Waals surface area contributed by atoms with Crippen LogP contribution >= 0.6 is 23.2 Å². The molecule has 2 aromatic rings. The fourth-order valence-corrected chi connectivity index (χ4v) is 3.07. The van der Waals surface area contributed by atoms with Gasteiger partial charge in [0, 0.05) is 22.3 Å². The molecule has 0 saturated carbocycles. The predicted molar refractivity (Wildman–Crippen MR) is 84.9 cm³/mol. The molecule has 0 atom stereocenters. The zero-order valence-electron chi connectivity index (χ0n) is 11.1. The second-order valence-corrected chi connectivity index (χ2v) is 5.91. The normalized spacial score (nSPS) is 13.3. The van der Waals surface area contributed by atoms with E-state index in [-0.39, 0.29) is 0 Å². The van der Waals surface area contributed by atoms with E-state index in [0.29, 0.717) is 5.02 Å². The molecule has 104 valence electrons. The molecule has 3 rings (SSSR count). The number of benzene rings is 1. The smallest absolute Gasteiger partial charge is 0.126 e. The fourth-order valence-electron chi connectivity index (χ4n) is 2.57. The number of hydrogen-bond donors (Lipinski definition) is 1. The lowest BCUT2D eigenvalue weighted by Gasteiger charge is -2.09. The van der Waals surface area contributed by atoms with Crippen molar-refractivity contribution in [2.75, 3.05) is 11.9 Å². The number of nitrogens with zero attached hydrogens (tertiary/aromatic N) is 1. The molecule has 1 N–H and O–H groups in total. The van der Waals surface area contributed by atoms with Gasteiger partial charge in [-0.25, -0.2) is 4.98 Å². The summed E-state index contributed by atoms with van der Waals surface area (Å²) in [6.07, 6.45) is 4.36. The molecule has 1 aliphatic carbocycles. The van der Waals surface area contributed by atoms with E-state index >= 15 is 0 Å². The molecule has 4 heteroatoms. The summed E-state index contributed by atoms with van der Waals surface area (Å²) >= 11 is 12.1. The summed E-state index contributed by atoms with van der Waals surface area (Å²) in [4.78, 5) is 4.66. The maximum Gasteiger partial charge on any atom is 0.126 e. The summed E-state index contributed by atoms with van der Waals surface area (Å²) in [5.74, 6) is 0.954. The average Bonchev–Trinajstić information content (AvgIpc) is 2.89. The maximum atomic E-state index is 6.16. The zero-order chi connectivity index (χ0) is 13.9. The largest absolute Gasteiger partial charge is 0.370 e. The highest BCUT2D eigenvalue weighted by Crippen LogP contribution is 2.23. The molecule has 1 aromatic carbocycles. The minimum atomic E-state index is 0.673. The molecule has 1 heterocycles. The molecule has 0 amide bonds. The van der Waals surface area contributed by atoms with Crippen molar-refractivity contribution < 1.29 is 0 Å². The molecule has 1 aliphatic rings. The van der Waals surface area contributed by atoms with E-state index in [9.17, 15) is 0 Å². The molecule has 1 aromatic heterocycles. The number of aryl methyl sites for hydroxylation is 2. The Bertz CT molecular complexity index is 626. The Morgan fingerprint density at radius 3 is 2.85 bits per heavy atom.